The lowest BCUT2D eigenvalue weighted by Crippen LogP contribution is -2.23. The number of benzene rings is 1. The first-order valence-electron chi connectivity index (χ1n) is 9.07. The van der Waals surface area contributed by atoms with Crippen molar-refractivity contribution in [1.82, 2.24) is 15.0 Å². The van der Waals surface area contributed by atoms with Crippen molar-refractivity contribution in [2.45, 2.75) is 25.2 Å². The van der Waals surface area contributed by atoms with Gasteiger partial charge in [0.25, 0.3) is 0 Å². The van der Waals surface area contributed by atoms with Gasteiger partial charge in [-0.15, -0.1) is 0 Å². The summed E-state index contributed by atoms with van der Waals surface area (Å²) in [7, 11) is 1.57. The number of aryl methyl sites for hydroxylation is 1. The van der Waals surface area contributed by atoms with E-state index in [0.29, 0.717) is 22.4 Å². The van der Waals surface area contributed by atoms with Crippen molar-refractivity contribution >= 4 is 23.2 Å². The third-order valence-electron chi connectivity index (χ3n) is 5.26. The predicted octanol–water partition coefficient (Wildman–Crippen LogP) is 4.14. The lowest BCUT2D eigenvalue weighted by atomic mass is 9.85. The molecule has 1 aromatic carbocycles. The van der Waals surface area contributed by atoms with E-state index in [2.05, 4.69) is 33.3 Å². The maximum Gasteiger partial charge on any atom is 0.227 e. The molecule has 1 aliphatic rings. The van der Waals surface area contributed by atoms with Crippen LogP contribution in [-0.2, 0) is 11.8 Å². The molecule has 28 heavy (non-hydrogen) atoms. The van der Waals surface area contributed by atoms with Gasteiger partial charge in [-0.25, -0.2) is 9.97 Å². The van der Waals surface area contributed by atoms with Crippen molar-refractivity contribution in [2.75, 3.05) is 19.0 Å². The summed E-state index contributed by atoms with van der Waals surface area (Å²) < 4.78 is 5.25. The van der Waals surface area contributed by atoms with Gasteiger partial charge >= 0.3 is 0 Å². The van der Waals surface area contributed by atoms with Gasteiger partial charge in [0, 0.05) is 29.1 Å². The van der Waals surface area contributed by atoms with E-state index in [0.717, 1.165) is 35.4 Å². The maximum absolute atomic E-state index is 9.82. The molecule has 1 aliphatic carbocycles. The standard InChI is InChI=1S/C21H21ClN4O2/c1-21(12-27)8-6-16-14(21)10-13(11-24-16)15-7-9-23-20(25-15)26-17-4-3-5-18(28-2)19(17)22/h3-5,7,9-11,27H,6,8,12H2,1-2H3,(H,23,25,26). The molecule has 144 valence electrons. The smallest absolute Gasteiger partial charge is 0.227 e. The number of rotatable bonds is 5. The Bertz CT molecular complexity index is 1030. The van der Waals surface area contributed by atoms with Crippen LogP contribution in [0.4, 0.5) is 11.6 Å². The highest BCUT2D eigenvalue weighted by atomic mass is 35.5. The monoisotopic (exact) mass is 396 g/mol. The predicted molar refractivity (Wildman–Crippen MR) is 109 cm³/mol. The number of ether oxygens (including phenoxy) is 1. The largest absolute Gasteiger partial charge is 0.495 e. The minimum absolute atomic E-state index is 0.107. The van der Waals surface area contributed by atoms with Crippen molar-refractivity contribution in [3.05, 3.63) is 59.0 Å². The first-order valence-corrected chi connectivity index (χ1v) is 9.45. The molecule has 7 heteroatoms. The second-order valence-electron chi connectivity index (χ2n) is 7.15. The lowest BCUT2D eigenvalue weighted by Gasteiger charge is -2.22. The number of nitrogens with one attached hydrogen (secondary N) is 1. The number of aliphatic hydroxyl groups is 1. The van der Waals surface area contributed by atoms with Crippen molar-refractivity contribution in [2.24, 2.45) is 0 Å². The Morgan fingerprint density at radius 1 is 1.29 bits per heavy atom. The number of halogens is 1. The number of nitrogens with zero attached hydrogens (tertiary/aromatic N) is 3. The molecule has 2 aromatic heterocycles. The Hall–Kier alpha value is -2.70. The van der Waals surface area contributed by atoms with Crippen molar-refractivity contribution in [3.8, 4) is 17.0 Å². The van der Waals surface area contributed by atoms with Crippen molar-refractivity contribution in [3.63, 3.8) is 0 Å². The molecule has 0 amide bonds. The van der Waals surface area contributed by atoms with Gasteiger partial charge < -0.3 is 15.2 Å². The Balaban J connectivity index is 1.66. The zero-order valence-corrected chi connectivity index (χ0v) is 16.5. The van der Waals surface area contributed by atoms with E-state index in [1.54, 1.807) is 19.4 Å². The average Bonchev–Trinajstić information content (AvgIpc) is 3.07. The summed E-state index contributed by atoms with van der Waals surface area (Å²) in [6, 6.07) is 9.39. The number of aliphatic hydroxyl groups excluding tert-OH is 1. The minimum Gasteiger partial charge on any atom is -0.495 e. The van der Waals surface area contributed by atoms with Crippen LogP contribution >= 0.6 is 11.6 Å². The van der Waals surface area contributed by atoms with Crippen LogP contribution in [0.1, 0.15) is 24.6 Å². The number of methoxy groups -OCH3 is 1. The second-order valence-corrected chi connectivity index (χ2v) is 7.53. The summed E-state index contributed by atoms with van der Waals surface area (Å²) >= 11 is 6.35. The highest BCUT2D eigenvalue weighted by Crippen LogP contribution is 2.39. The van der Waals surface area contributed by atoms with Crippen LogP contribution in [0, 0.1) is 0 Å². The average molecular weight is 397 g/mol. The fourth-order valence-electron chi connectivity index (χ4n) is 3.51. The molecule has 0 saturated heterocycles. The molecule has 1 unspecified atom stereocenters. The van der Waals surface area contributed by atoms with Crippen molar-refractivity contribution < 1.29 is 9.84 Å². The van der Waals surface area contributed by atoms with Crippen LogP contribution in [0.3, 0.4) is 0 Å². The van der Waals surface area contributed by atoms with E-state index < -0.39 is 0 Å². The summed E-state index contributed by atoms with van der Waals surface area (Å²) in [5, 5.41) is 13.4. The number of pyridine rings is 1. The number of aromatic nitrogens is 3. The fourth-order valence-corrected chi connectivity index (χ4v) is 3.76. The second kappa shape index (κ2) is 7.37. The minimum atomic E-state index is -0.249. The topological polar surface area (TPSA) is 80.2 Å². The number of anilines is 2. The fraction of sp³-hybridized carbons (Fsp3) is 0.286. The van der Waals surface area contributed by atoms with Crippen LogP contribution in [-0.4, -0.2) is 33.8 Å². The first-order chi connectivity index (χ1) is 13.5. The van der Waals surface area contributed by atoms with E-state index in [-0.39, 0.29) is 12.0 Å². The maximum atomic E-state index is 9.82. The molecule has 0 saturated carbocycles. The summed E-state index contributed by atoms with van der Waals surface area (Å²) in [6.45, 7) is 2.18. The van der Waals surface area contributed by atoms with Gasteiger partial charge in [0.15, 0.2) is 0 Å². The zero-order valence-electron chi connectivity index (χ0n) is 15.7. The SMILES string of the molecule is COc1cccc(Nc2nccc(-c3cnc4c(c3)C(C)(CO)CC4)n2)c1Cl. The van der Waals surface area contributed by atoms with Gasteiger partial charge in [0.05, 0.1) is 25.1 Å². The Morgan fingerprint density at radius 2 is 2.14 bits per heavy atom. The molecular formula is C21H21ClN4O2. The Morgan fingerprint density at radius 3 is 2.93 bits per heavy atom. The number of hydrogen-bond donors (Lipinski definition) is 2. The first kappa shape index (κ1) is 18.7. The summed E-state index contributed by atoms with van der Waals surface area (Å²) in [6.07, 6.45) is 5.31. The molecule has 0 aliphatic heterocycles. The van der Waals surface area contributed by atoms with Crippen LogP contribution in [0.2, 0.25) is 5.02 Å². The molecule has 3 aromatic rings. The molecule has 0 fully saturated rings. The third-order valence-corrected chi connectivity index (χ3v) is 5.65. The summed E-state index contributed by atoms with van der Waals surface area (Å²) in [5.74, 6) is 1.01. The van der Waals surface area contributed by atoms with Gasteiger partial charge in [-0.05, 0) is 42.7 Å². The van der Waals surface area contributed by atoms with Crippen LogP contribution in [0.25, 0.3) is 11.3 Å². The molecule has 0 spiro atoms. The van der Waals surface area contributed by atoms with Crippen LogP contribution in [0.5, 0.6) is 5.75 Å². The lowest BCUT2D eigenvalue weighted by molar-refractivity contribution is 0.206. The molecule has 6 nitrogen and oxygen atoms in total. The highest BCUT2D eigenvalue weighted by molar-refractivity contribution is 6.34. The zero-order chi connectivity index (χ0) is 19.7. The third kappa shape index (κ3) is 3.30. The van der Waals surface area contributed by atoms with E-state index in [4.69, 9.17) is 16.3 Å². The molecule has 1 atom stereocenters. The van der Waals surface area contributed by atoms with E-state index in [1.165, 1.54) is 0 Å². The van der Waals surface area contributed by atoms with Gasteiger partial charge in [0.1, 0.15) is 10.8 Å². The van der Waals surface area contributed by atoms with E-state index in [1.807, 2.05) is 24.4 Å². The van der Waals surface area contributed by atoms with Crippen LogP contribution in [0.15, 0.2) is 42.7 Å². The summed E-state index contributed by atoms with van der Waals surface area (Å²) in [5.41, 5.74) is 4.20. The summed E-state index contributed by atoms with van der Waals surface area (Å²) in [4.78, 5) is 13.5. The normalized spacial score (nSPS) is 18.0. The molecule has 2 N–H and O–H groups in total. The molecular weight excluding hydrogens is 376 g/mol. The molecule has 4 rings (SSSR count). The Kier molecular flexibility index (Phi) is 4.91. The van der Waals surface area contributed by atoms with E-state index >= 15 is 0 Å². The molecule has 2 heterocycles. The highest BCUT2D eigenvalue weighted by Gasteiger charge is 2.34. The molecule has 0 bridgehead atoms. The van der Waals surface area contributed by atoms with Crippen molar-refractivity contribution in [1.29, 1.82) is 0 Å². The molecule has 0 radical (unpaired) electrons. The van der Waals surface area contributed by atoms with E-state index in [9.17, 15) is 5.11 Å². The van der Waals surface area contributed by atoms with Gasteiger partial charge in [0.2, 0.25) is 5.95 Å². The quantitative estimate of drug-likeness (QED) is 0.674. The number of fused-ring (bicyclic) bond motifs is 1. The van der Waals surface area contributed by atoms with Gasteiger partial charge in [-0.3, -0.25) is 4.98 Å². The number of hydrogen-bond acceptors (Lipinski definition) is 6. The van der Waals surface area contributed by atoms with Gasteiger partial charge in [-0.1, -0.05) is 24.6 Å². The van der Waals surface area contributed by atoms with Gasteiger partial charge in [-0.2, -0.15) is 0 Å². The van der Waals surface area contributed by atoms with Crippen LogP contribution < -0.4 is 10.1 Å². The Labute approximate surface area is 168 Å².